The Morgan fingerprint density at radius 1 is 1.54 bits per heavy atom. The van der Waals surface area contributed by atoms with Crippen LogP contribution in [0.3, 0.4) is 0 Å². The molecular weight excluding hydrogens is 186 g/mol. The fourth-order valence-corrected chi connectivity index (χ4v) is 1.41. The molecule has 1 aromatic rings. The number of nitrogens with zero attached hydrogens (tertiary/aromatic N) is 1. The van der Waals surface area contributed by atoms with Crippen molar-refractivity contribution in [2.45, 2.75) is 33.3 Å². The van der Waals surface area contributed by atoms with Gasteiger partial charge in [0.05, 0.1) is 0 Å². The van der Waals surface area contributed by atoms with Crippen LogP contribution in [0, 0.1) is 6.92 Å². The third-order valence-corrected chi connectivity index (χ3v) is 2.09. The third kappa shape index (κ3) is 3.14. The second-order valence-electron chi connectivity index (χ2n) is 3.78. The fraction of sp³-hybridized carbons (Fsp3) is 0.556. The van der Waals surface area contributed by atoms with E-state index in [1.165, 1.54) is 11.3 Å². The molecule has 0 radical (unpaired) electrons. The van der Waals surface area contributed by atoms with E-state index < -0.39 is 5.60 Å². The van der Waals surface area contributed by atoms with E-state index >= 15 is 0 Å². The summed E-state index contributed by atoms with van der Waals surface area (Å²) in [6, 6.07) is 0. The zero-order chi connectivity index (χ0) is 10.1. The second-order valence-corrected chi connectivity index (χ2v) is 5.01. The van der Waals surface area contributed by atoms with E-state index in [4.69, 9.17) is 4.74 Å². The highest BCUT2D eigenvalue weighted by Gasteiger charge is 2.19. The van der Waals surface area contributed by atoms with E-state index in [0.717, 1.165) is 4.88 Å². The number of thiazole rings is 1. The number of hydrogen-bond acceptors (Lipinski definition) is 4. The molecule has 1 rings (SSSR count). The lowest BCUT2D eigenvalue weighted by Crippen LogP contribution is -2.23. The molecule has 1 heterocycles. The molecule has 0 bridgehead atoms. The SMILES string of the molecule is Cc1cnc(C(=O)OC(C)(C)C)s1. The third-order valence-electron chi connectivity index (χ3n) is 1.19. The molecule has 13 heavy (non-hydrogen) atoms. The molecule has 0 saturated heterocycles. The molecule has 0 fully saturated rings. The zero-order valence-corrected chi connectivity index (χ0v) is 9.07. The predicted octanol–water partition coefficient (Wildman–Crippen LogP) is 2.41. The van der Waals surface area contributed by atoms with Crippen molar-refractivity contribution in [3.63, 3.8) is 0 Å². The van der Waals surface area contributed by atoms with Crippen LogP contribution in [0.1, 0.15) is 35.5 Å². The van der Waals surface area contributed by atoms with E-state index in [2.05, 4.69) is 4.98 Å². The molecule has 72 valence electrons. The summed E-state index contributed by atoms with van der Waals surface area (Å²) in [5.74, 6) is -0.342. The molecule has 0 atom stereocenters. The summed E-state index contributed by atoms with van der Waals surface area (Å²) in [4.78, 5) is 16.4. The van der Waals surface area contributed by atoms with Gasteiger partial charge in [-0.25, -0.2) is 9.78 Å². The standard InChI is InChI=1S/C9H13NO2S/c1-6-5-10-7(13-6)8(11)12-9(2,3)4/h5H,1-4H3. The fourth-order valence-electron chi connectivity index (χ4n) is 0.771. The average Bonchev–Trinajstić information content (AvgIpc) is 2.31. The van der Waals surface area contributed by atoms with Crippen LogP contribution in [0.2, 0.25) is 0 Å². The summed E-state index contributed by atoms with van der Waals surface area (Å²) in [5.41, 5.74) is -0.448. The predicted molar refractivity (Wildman–Crippen MR) is 52.0 cm³/mol. The maximum atomic E-state index is 11.4. The Morgan fingerprint density at radius 3 is 2.54 bits per heavy atom. The van der Waals surface area contributed by atoms with Crippen LogP contribution in [-0.4, -0.2) is 16.6 Å². The van der Waals surface area contributed by atoms with Gasteiger partial charge in [-0.15, -0.1) is 11.3 Å². The molecule has 1 aromatic heterocycles. The number of aromatic nitrogens is 1. The molecule has 0 aliphatic heterocycles. The summed E-state index contributed by atoms with van der Waals surface area (Å²) in [5, 5.41) is 0.424. The first-order valence-electron chi connectivity index (χ1n) is 4.04. The van der Waals surface area contributed by atoms with Crippen LogP contribution < -0.4 is 0 Å². The van der Waals surface area contributed by atoms with Crippen LogP contribution in [0.4, 0.5) is 0 Å². The Bertz CT molecular complexity index is 312. The summed E-state index contributed by atoms with van der Waals surface area (Å²) < 4.78 is 5.15. The molecule has 0 amide bonds. The molecule has 0 aliphatic rings. The van der Waals surface area contributed by atoms with E-state index in [-0.39, 0.29) is 5.97 Å². The number of carbonyl (C=O) groups excluding carboxylic acids is 1. The first-order valence-corrected chi connectivity index (χ1v) is 4.86. The number of rotatable bonds is 1. The highest BCUT2D eigenvalue weighted by atomic mass is 32.1. The summed E-state index contributed by atoms with van der Waals surface area (Å²) in [7, 11) is 0. The molecule has 3 nitrogen and oxygen atoms in total. The quantitative estimate of drug-likeness (QED) is 0.652. The smallest absolute Gasteiger partial charge is 0.367 e. The largest absolute Gasteiger partial charge is 0.455 e. The number of aryl methyl sites for hydroxylation is 1. The van der Waals surface area contributed by atoms with Gasteiger partial charge in [0.2, 0.25) is 5.01 Å². The highest BCUT2D eigenvalue weighted by Crippen LogP contribution is 2.16. The summed E-state index contributed by atoms with van der Waals surface area (Å²) in [6.07, 6.45) is 1.67. The molecule has 0 saturated carbocycles. The van der Waals surface area contributed by atoms with Gasteiger partial charge in [0.25, 0.3) is 0 Å². The maximum absolute atomic E-state index is 11.4. The van der Waals surface area contributed by atoms with Gasteiger partial charge in [0.15, 0.2) is 0 Å². The van der Waals surface area contributed by atoms with Crippen molar-refractivity contribution in [2.75, 3.05) is 0 Å². The lowest BCUT2D eigenvalue weighted by Gasteiger charge is -2.18. The van der Waals surface area contributed by atoms with Crippen molar-refractivity contribution in [1.82, 2.24) is 4.98 Å². The second kappa shape index (κ2) is 3.46. The molecule has 0 N–H and O–H groups in total. The minimum absolute atomic E-state index is 0.342. The number of hydrogen-bond donors (Lipinski definition) is 0. The van der Waals surface area contributed by atoms with E-state index in [1.807, 2.05) is 27.7 Å². The van der Waals surface area contributed by atoms with Gasteiger partial charge in [-0.05, 0) is 27.7 Å². The molecule has 0 aromatic carbocycles. The van der Waals surface area contributed by atoms with Crippen LogP contribution in [-0.2, 0) is 4.74 Å². The topological polar surface area (TPSA) is 39.2 Å². The van der Waals surface area contributed by atoms with Crippen LogP contribution in [0.5, 0.6) is 0 Å². The van der Waals surface area contributed by atoms with Gasteiger partial charge in [0, 0.05) is 11.1 Å². The van der Waals surface area contributed by atoms with E-state index in [1.54, 1.807) is 6.20 Å². The Labute approximate surface area is 81.8 Å². The van der Waals surface area contributed by atoms with Gasteiger partial charge >= 0.3 is 5.97 Å². The van der Waals surface area contributed by atoms with Crippen molar-refractivity contribution >= 4 is 17.3 Å². The van der Waals surface area contributed by atoms with Gasteiger partial charge in [-0.1, -0.05) is 0 Å². The highest BCUT2D eigenvalue weighted by molar-refractivity contribution is 7.13. The lowest BCUT2D eigenvalue weighted by molar-refractivity contribution is 0.00692. The number of carbonyl (C=O) groups is 1. The van der Waals surface area contributed by atoms with Crippen LogP contribution >= 0.6 is 11.3 Å². The van der Waals surface area contributed by atoms with Gasteiger partial charge in [0.1, 0.15) is 5.60 Å². The van der Waals surface area contributed by atoms with Crippen molar-refractivity contribution in [1.29, 1.82) is 0 Å². The lowest BCUT2D eigenvalue weighted by atomic mass is 10.2. The molecule has 4 heteroatoms. The molecule has 0 spiro atoms. The monoisotopic (exact) mass is 199 g/mol. The summed E-state index contributed by atoms with van der Waals surface area (Å²) >= 11 is 1.35. The first-order chi connectivity index (χ1) is 5.88. The van der Waals surface area contributed by atoms with Crippen molar-refractivity contribution in [3.05, 3.63) is 16.1 Å². The van der Waals surface area contributed by atoms with Crippen LogP contribution in [0.15, 0.2) is 6.20 Å². The minimum atomic E-state index is -0.448. The van der Waals surface area contributed by atoms with Crippen molar-refractivity contribution in [2.24, 2.45) is 0 Å². The van der Waals surface area contributed by atoms with Gasteiger partial charge in [-0.2, -0.15) is 0 Å². The Balaban J connectivity index is 2.70. The molecular formula is C9H13NO2S. The van der Waals surface area contributed by atoms with Crippen LogP contribution in [0.25, 0.3) is 0 Å². The van der Waals surface area contributed by atoms with Crippen molar-refractivity contribution < 1.29 is 9.53 Å². The number of ether oxygens (including phenoxy) is 1. The van der Waals surface area contributed by atoms with Gasteiger partial charge in [-0.3, -0.25) is 0 Å². The Morgan fingerprint density at radius 2 is 2.15 bits per heavy atom. The van der Waals surface area contributed by atoms with E-state index in [9.17, 15) is 4.79 Å². The van der Waals surface area contributed by atoms with Crippen molar-refractivity contribution in [3.8, 4) is 0 Å². The maximum Gasteiger partial charge on any atom is 0.367 e. The van der Waals surface area contributed by atoms with Gasteiger partial charge < -0.3 is 4.74 Å². The normalized spacial score (nSPS) is 11.4. The Kier molecular flexibility index (Phi) is 2.71. The Hall–Kier alpha value is -0.900. The number of esters is 1. The summed E-state index contributed by atoms with van der Waals surface area (Å²) in [6.45, 7) is 7.42. The average molecular weight is 199 g/mol. The first kappa shape index (κ1) is 10.2. The minimum Gasteiger partial charge on any atom is -0.455 e. The molecule has 0 aliphatic carbocycles. The zero-order valence-electron chi connectivity index (χ0n) is 8.25. The molecule has 0 unspecified atom stereocenters. The van der Waals surface area contributed by atoms with E-state index in [0.29, 0.717) is 5.01 Å².